The summed E-state index contributed by atoms with van der Waals surface area (Å²) < 4.78 is 5.43. The molecule has 1 fully saturated rings. The standard InChI is InChI=1S/C22H23ClN4O2/c1-15-5-7-16(8-6-15)14-24-21(28)17-9-11-27(12-10-17)22-25-20(26-29-22)18-3-2-4-19(23)13-18/h2-8,13,17H,9-12,14H2,1H3,(H,24,28). The first-order valence-corrected chi connectivity index (χ1v) is 10.1. The summed E-state index contributed by atoms with van der Waals surface area (Å²) in [5.74, 6) is 0.628. The number of rotatable bonds is 5. The Hall–Kier alpha value is -2.86. The van der Waals surface area contributed by atoms with Crippen molar-refractivity contribution in [2.24, 2.45) is 5.92 Å². The summed E-state index contributed by atoms with van der Waals surface area (Å²) in [6.45, 7) is 4.03. The molecule has 1 aromatic heterocycles. The van der Waals surface area contributed by atoms with Gasteiger partial charge in [0.1, 0.15) is 0 Å². The average Bonchev–Trinajstić information content (AvgIpc) is 3.24. The maximum absolute atomic E-state index is 12.5. The molecule has 2 heterocycles. The van der Waals surface area contributed by atoms with Gasteiger partial charge in [0.15, 0.2) is 0 Å². The molecular formula is C22H23ClN4O2. The van der Waals surface area contributed by atoms with Crippen LogP contribution in [-0.4, -0.2) is 29.1 Å². The Balaban J connectivity index is 1.30. The van der Waals surface area contributed by atoms with Gasteiger partial charge < -0.3 is 14.7 Å². The lowest BCUT2D eigenvalue weighted by atomic mass is 9.96. The minimum Gasteiger partial charge on any atom is -0.352 e. The average molecular weight is 411 g/mol. The minimum absolute atomic E-state index is 0.00650. The van der Waals surface area contributed by atoms with E-state index in [4.69, 9.17) is 16.1 Å². The second-order valence-electron chi connectivity index (χ2n) is 7.38. The van der Waals surface area contributed by atoms with Crippen molar-refractivity contribution in [3.8, 4) is 11.4 Å². The zero-order valence-corrected chi connectivity index (χ0v) is 17.0. The van der Waals surface area contributed by atoms with Crippen LogP contribution < -0.4 is 10.2 Å². The number of hydrogen-bond acceptors (Lipinski definition) is 5. The number of hydrogen-bond donors (Lipinski definition) is 1. The van der Waals surface area contributed by atoms with E-state index < -0.39 is 0 Å². The van der Waals surface area contributed by atoms with Gasteiger partial charge in [-0.1, -0.05) is 58.7 Å². The van der Waals surface area contributed by atoms with Gasteiger partial charge in [-0.2, -0.15) is 4.98 Å². The Kier molecular flexibility index (Phi) is 5.81. The van der Waals surface area contributed by atoms with Crippen LogP contribution in [-0.2, 0) is 11.3 Å². The number of nitrogens with one attached hydrogen (secondary N) is 1. The molecule has 1 saturated heterocycles. The lowest BCUT2D eigenvalue weighted by Crippen LogP contribution is -2.40. The van der Waals surface area contributed by atoms with Crippen molar-refractivity contribution in [3.05, 3.63) is 64.7 Å². The first-order chi connectivity index (χ1) is 14.1. The molecule has 150 valence electrons. The molecule has 3 aromatic rings. The van der Waals surface area contributed by atoms with Crippen LogP contribution in [0.15, 0.2) is 53.1 Å². The molecule has 0 saturated carbocycles. The third kappa shape index (κ3) is 4.77. The topological polar surface area (TPSA) is 71.3 Å². The first kappa shape index (κ1) is 19.5. The van der Waals surface area contributed by atoms with Gasteiger partial charge in [0.05, 0.1) is 0 Å². The summed E-state index contributed by atoms with van der Waals surface area (Å²) in [5, 5.41) is 7.74. The summed E-state index contributed by atoms with van der Waals surface area (Å²) in [4.78, 5) is 19.0. The molecular weight excluding hydrogens is 388 g/mol. The van der Waals surface area contributed by atoms with Crippen molar-refractivity contribution >= 4 is 23.5 Å². The molecule has 0 spiro atoms. The molecule has 4 rings (SSSR count). The number of aryl methyl sites for hydroxylation is 1. The highest BCUT2D eigenvalue weighted by atomic mass is 35.5. The number of piperidine rings is 1. The van der Waals surface area contributed by atoms with Crippen molar-refractivity contribution in [3.63, 3.8) is 0 Å². The van der Waals surface area contributed by atoms with Crippen molar-refractivity contribution < 1.29 is 9.32 Å². The SMILES string of the molecule is Cc1ccc(CNC(=O)C2CCN(c3nc(-c4cccc(Cl)c4)no3)CC2)cc1. The largest absolute Gasteiger partial charge is 0.352 e. The molecule has 7 heteroatoms. The molecule has 1 aliphatic rings. The second-order valence-corrected chi connectivity index (χ2v) is 7.81. The van der Waals surface area contributed by atoms with E-state index in [0.717, 1.165) is 24.0 Å². The maximum atomic E-state index is 12.5. The number of carbonyl (C=O) groups excluding carboxylic acids is 1. The fourth-order valence-corrected chi connectivity index (χ4v) is 3.65. The highest BCUT2D eigenvalue weighted by Gasteiger charge is 2.27. The molecule has 0 aliphatic carbocycles. The summed E-state index contributed by atoms with van der Waals surface area (Å²) in [5.41, 5.74) is 3.14. The third-order valence-electron chi connectivity index (χ3n) is 5.22. The second kappa shape index (κ2) is 8.66. The summed E-state index contributed by atoms with van der Waals surface area (Å²) in [6.07, 6.45) is 1.52. The Morgan fingerprint density at radius 1 is 1.21 bits per heavy atom. The van der Waals surface area contributed by atoms with E-state index in [-0.39, 0.29) is 11.8 Å². The molecule has 1 N–H and O–H groups in total. The maximum Gasteiger partial charge on any atom is 0.324 e. The number of benzene rings is 2. The van der Waals surface area contributed by atoms with Gasteiger partial charge in [-0.15, -0.1) is 0 Å². The number of halogens is 1. The highest BCUT2D eigenvalue weighted by molar-refractivity contribution is 6.30. The fraction of sp³-hybridized carbons (Fsp3) is 0.318. The molecule has 29 heavy (non-hydrogen) atoms. The predicted octanol–water partition coefficient (Wildman–Crippen LogP) is 4.23. The molecule has 0 radical (unpaired) electrons. The van der Waals surface area contributed by atoms with Crippen LogP contribution in [0.25, 0.3) is 11.4 Å². The Bertz CT molecular complexity index is 978. The van der Waals surface area contributed by atoms with Crippen LogP contribution >= 0.6 is 11.6 Å². The summed E-state index contributed by atoms with van der Waals surface area (Å²) >= 11 is 6.03. The van der Waals surface area contributed by atoms with E-state index >= 15 is 0 Å². The van der Waals surface area contributed by atoms with E-state index in [0.29, 0.717) is 36.5 Å². The summed E-state index contributed by atoms with van der Waals surface area (Å²) in [7, 11) is 0. The third-order valence-corrected chi connectivity index (χ3v) is 5.46. The van der Waals surface area contributed by atoms with E-state index in [9.17, 15) is 4.79 Å². The van der Waals surface area contributed by atoms with Crippen LogP contribution in [0, 0.1) is 12.8 Å². The first-order valence-electron chi connectivity index (χ1n) is 9.76. The van der Waals surface area contributed by atoms with Crippen LogP contribution in [0.1, 0.15) is 24.0 Å². The van der Waals surface area contributed by atoms with E-state index in [2.05, 4.69) is 34.5 Å². The van der Waals surface area contributed by atoms with Crippen molar-refractivity contribution in [1.82, 2.24) is 15.5 Å². The van der Waals surface area contributed by atoms with Crippen LogP contribution in [0.4, 0.5) is 6.01 Å². The van der Waals surface area contributed by atoms with Crippen molar-refractivity contribution in [1.29, 1.82) is 0 Å². The van der Waals surface area contributed by atoms with E-state index in [1.54, 1.807) is 12.1 Å². The molecule has 2 aromatic carbocycles. The zero-order valence-electron chi connectivity index (χ0n) is 16.3. The predicted molar refractivity (Wildman–Crippen MR) is 113 cm³/mol. The summed E-state index contributed by atoms with van der Waals surface area (Å²) in [6, 6.07) is 16.1. The van der Waals surface area contributed by atoms with Crippen LogP contribution in [0.3, 0.4) is 0 Å². The van der Waals surface area contributed by atoms with Gasteiger partial charge in [-0.25, -0.2) is 0 Å². The Labute approximate surface area is 174 Å². The quantitative estimate of drug-likeness (QED) is 0.681. The van der Waals surface area contributed by atoms with Crippen molar-refractivity contribution in [2.75, 3.05) is 18.0 Å². The highest BCUT2D eigenvalue weighted by Crippen LogP contribution is 2.26. The van der Waals surface area contributed by atoms with Crippen LogP contribution in [0.5, 0.6) is 0 Å². The lowest BCUT2D eigenvalue weighted by molar-refractivity contribution is -0.125. The van der Waals surface area contributed by atoms with Gasteiger partial charge in [-0.05, 0) is 37.5 Å². The smallest absolute Gasteiger partial charge is 0.324 e. The normalized spacial score (nSPS) is 14.8. The molecule has 1 aliphatic heterocycles. The van der Waals surface area contributed by atoms with E-state index in [1.165, 1.54) is 5.56 Å². The van der Waals surface area contributed by atoms with Crippen molar-refractivity contribution in [2.45, 2.75) is 26.3 Å². The molecule has 0 bridgehead atoms. The Morgan fingerprint density at radius 2 is 1.97 bits per heavy atom. The monoisotopic (exact) mass is 410 g/mol. The van der Waals surface area contributed by atoms with Gasteiger partial charge in [0.2, 0.25) is 11.7 Å². The number of anilines is 1. The molecule has 0 atom stereocenters. The number of amides is 1. The molecule has 1 amide bonds. The van der Waals surface area contributed by atoms with Gasteiger partial charge >= 0.3 is 6.01 Å². The zero-order chi connectivity index (χ0) is 20.2. The lowest BCUT2D eigenvalue weighted by Gasteiger charge is -2.29. The Morgan fingerprint density at radius 3 is 2.69 bits per heavy atom. The van der Waals surface area contributed by atoms with Gasteiger partial charge in [0.25, 0.3) is 0 Å². The fourth-order valence-electron chi connectivity index (χ4n) is 3.46. The number of carbonyl (C=O) groups is 1. The number of aromatic nitrogens is 2. The van der Waals surface area contributed by atoms with Gasteiger partial charge in [-0.3, -0.25) is 4.79 Å². The number of nitrogens with zero attached hydrogens (tertiary/aromatic N) is 3. The van der Waals surface area contributed by atoms with E-state index in [1.807, 2.05) is 29.2 Å². The van der Waals surface area contributed by atoms with Gasteiger partial charge in [0, 0.05) is 36.1 Å². The molecule has 0 unspecified atom stereocenters. The van der Waals surface area contributed by atoms with Crippen LogP contribution in [0.2, 0.25) is 5.02 Å². The minimum atomic E-state index is 0.00650. The molecule has 6 nitrogen and oxygen atoms in total.